The van der Waals surface area contributed by atoms with E-state index in [0.717, 1.165) is 41.4 Å². The van der Waals surface area contributed by atoms with Gasteiger partial charge in [0, 0.05) is 6.54 Å². The molecule has 0 radical (unpaired) electrons. The minimum Gasteiger partial charge on any atom is -0.319 e. The molecule has 0 amide bonds. The summed E-state index contributed by atoms with van der Waals surface area (Å²) in [5, 5.41) is 3.49. The van der Waals surface area contributed by atoms with Crippen molar-refractivity contribution in [1.82, 2.24) is 5.32 Å². The van der Waals surface area contributed by atoms with Gasteiger partial charge in [-0.3, -0.25) is 0 Å². The van der Waals surface area contributed by atoms with Gasteiger partial charge in [0.25, 0.3) is 0 Å². The maximum atomic E-state index is 3.49. The molecule has 6 atom stereocenters. The molecule has 6 rings (SSSR count). The summed E-state index contributed by atoms with van der Waals surface area (Å²) in [7, 11) is 2.13. The van der Waals surface area contributed by atoms with Crippen molar-refractivity contribution in [2.75, 3.05) is 13.6 Å². The van der Waals surface area contributed by atoms with Crippen LogP contribution in [-0.2, 0) is 0 Å². The highest BCUT2D eigenvalue weighted by Gasteiger charge is 2.81. The lowest BCUT2D eigenvalue weighted by Gasteiger charge is -2.43. The lowest BCUT2D eigenvalue weighted by Crippen LogP contribution is -2.45. The second-order valence-corrected chi connectivity index (χ2v) is 6.30. The second-order valence-electron chi connectivity index (χ2n) is 6.30. The maximum Gasteiger partial charge on any atom is 0.00194 e. The van der Waals surface area contributed by atoms with Gasteiger partial charge in [0.15, 0.2) is 0 Å². The molecule has 6 aliphatic rings. The normalized spacial score (nSPS) is 69.3. The SMILES string of the molecule is CNCC12C3C=CC4C3C3C(C=CC31)C42. The molecule has 0 aromatic heterocycles. The third-order valence-electron chi connectivity index (χ3n) is 6.42. The van der Waals surface area contributed by atoms with E-state index in [0.29, 0.717) is 5.41 Å². The molecule has 0 spiro atoms. The van der Waals surface area contributed by atoms with E-state index in [1.807, 2.05) is 0 Å². The van der Waals surface area contributed by atoms with Gasteiger partial charge in [0.2, 0.25) is 0 Å². The molecule has 0 heterocycles. The van der Waals surface area contributed by atoms with E-state index in [9.17, 15) is 0 Å². The van der Waals surface area contributed by atoms with Gasteiger partial charge >= 0.3 is 0 Å². The molecule has 4 fully saturated rings. The summed E-state index contributed by atoms with van der Waals surface area (Å²) in [6.07, 6.45) is 10.2. The minimum absolute atomic E-state index is 0.642. The average Bonchev–Trinajstić information content (AvgIpc) is 2.97. The molecule has 0 aliphatic heterocycles. The molecule has 1 N–H and O–H groups in total. The zero-order chi connectivity index (χ0) is 9.78. The highest BCUT2D eigenvalue weighted by molar-refractivity contribution is 5.43. The summed E-state index contributed by atoms with van der Waals surface area (Å²) in [5.41, 5.74) is 0.642. The summed E-state index contributed by atoms with van der Waals surface area (Å²) in [5.74, 6) is 6.85. The Morgan fingerprint density at radius 2 is 1.60 bits per heavy atom. The van der Waals surface area contributed by atoms with Crippen molar-refractivity contribution in [2.45, 2.75) is 0 Å². The predicted molar refractivity (Wildman–Crippen MR) is 59.1 cm³/mol. The van der Waals surface area contributed by atoms with Gasteiger partial charge < -0.3 is 5.32 Å². The van der Waals surface area contributed by atoms with Crippen LogP contribution in [0, 0.1) is 46.8 Å². The molecule has 0 saturated heterocycles. The van der Waals surface area contributed by atoms with Crippen molar-refractivity contribution in [3.63, 3.8) is 0 Å². The van der Waals surface area contributed by atoms with Crippen molar-refractivity contribution in [2.24, 2.45) is 46.8 Å². The van der Waals surface area contributed by atoms with Crippen LogP contribution in [0.2, 0.25) is 0 Å². The van der Waals surface area contributed by atoms with Gasteiger partial charge in [0.1, 0.15) is 0 Å². The molecule has 1 nitrogen and oxygen atoms in total. The molecule has 0 aromatic carbocycles. The number of nitrogens with one attached hydrogen (secondary N) is 1. The lowest BCUT2D eigenvalue weighted by atomic mass is 9.63. The van der Waals surface area contributed by atoms with E-state index in [1.165, 1.54) is 6.54 Å². The molecule has 0 aromatic rings. The summed E-state index contributed by atoms with van der Waals surface area (Å²) < 4.78 is 0. The van der Waals surface area contributed by atoms with Crippen LogP contribution in [0.3, 0.4) is 0 Å². The van der Waals surface area contributed by atoms with Gasteiger partial charge in [-0.15, -0.1) is 0 Å². The first-order valence-electron chi connectivity index (χ1n) is 6.41. The Kier molecular flexibility index (Phi) is 1.01. The van der Waals surface area contributed by atoms with Crippen molar-refractivity contribution in [3.05, 3.63) is 24.3 Å². The molecule has 4 saturated carbocycles. The van der Waals surface area contributed by atoms with E-state index in [2.05, 4.69) is 36.7 Å². The average molecular weight is 199 g/mol. The standard InChI is InChI=1S/C14H17N/c1-15-6-14-9-4-2-7-11(9)12-8(13(7)14)3-5-10(12)14/h2-5,7-13,15H,6H2,1H3. The Bertz CT molecular complexity index is 376. The first kappa shape index (κ1) is 7.67. The first-order chi connectivity index (χ1) is 7.39. The minimum atomic E-state index is 0.642. The molecule has 1 heteroatoms. The highest BCUT2D eigenvalue weighted by Crippen LogP contribution is 2.84. The Morgan fingerprint density at radius 1 is 1.00 bits per heavy atom. The van der Waals surface area contributed by atoms with Crippen LogP contribution in [0.5, 0.6) is 0 Å². The second kappa shape index (κ2) is 1.98. The Morgan fingerprint density at radius 3 is 2.13 bits per heavy atom. The number of rotatable bonds is 2. The molecule has 78 valence electrons. The highest BCUT2D eigenvalue weighted by atomic mass is 14.9. The largest absolute Gasteiger partial charge is 0.319 e. The number of hydrogen-bond acceptors (Lipinski definition) is 1. The first-order valence-corrected chi connectivity index (χ1v) is 6.41. The Hall–Kier alpha value is -0.560. The molecule has 6 aliphatic carbocycles. The third kappa shape index (κ3) is 0.498. The van der Waals surface area contributed by atoms with Gasteiger partial charge in [-0.1, -0.05) is 24.3 Å². The zero-order valence-corrected chi connectivity index (χ0v) is 9.06. The van der Waals surface area contributed by atoms with Gasteiger partial charge in [-0.25, -0.2) is 0 Å². The van der Waals surface area contributed by atoms with Crippen LogP contribution in [-0.4, -0.2) is 13.6 Å². The van der Waals surface area contributed by atoms with Crippen LogP contribution in [0.1, 0.15) is 0 Å². The van der Waals surface area contributed by atoms with Gasteiger partial charge in [-0.05, 0) is 53.9 Å². The van der Waals surface area contributed by atoms with Crippen molar-refractivity contribution in [3.8, 4) is 0 Å². The van der Waals surface area contributed by atoms with Crippen LogP contribution < -0.4 is 5.32 Å². The van der Waals surface area contributed by atoms with Crippen molar-refractivity contribution in [1.29, 1.82) is 0 Å². The van der Waals surface area contributed by atoms with E-state index in [1.54, 1.807) is 0 Å². The van der Waals surface area contributed by atoms with E-state index in [4.69, 9.17) is 0 Å². The van der Waals surface area contributed by atoms with Crippen LogP contribution in [0.25, 0.3) is 0 Å². The molecule has 6 unspecified atom stereocenters. The van der Waals surface area contributed by atoms with E-state index < -0.39 is 0 Å². The molecular formula is C14H17N. The monoisotopic (exact) mass is 199 g/mol. The summed E-state index contributed by atoms with van der Waals surface area (Å²) in [6, 6.07) is 0. The molecular weight excluding hydrogens is 182 g/mol. The fourth-order valence-electron chi connectivity index (χ4n) is 6.57. The van der Waals surface area contributed by atoms with Crippen molar-refractivity contribution < 1.29 is 0 Å². The van der Waals surface area contributed by atoms with Crippen LogP contribution in [0.15, 0.2) is 24.3 Å². The van der Waals surface area contributed by atoms with Crippen LogP contribution >= 0.6 is 0 Å². The lowest BCUT2D eigenvalue weighted by molar-refractivity contribution is 0.122. The summed E-state index contributed by atoms with van der Waals surface area (Å²) >= 11 is 0. The fourth-order valence-corrected chi connectivity index (χ4v) is 6.57. The van der Waals surface area contributed by atoms with Crippen LogP contribution in [0.4, 0.5) is 0 Å². The quantitative estimate of drug-likeness (QED) is 0.667. The van der Waals surface area contributed by atoms with E-state index >= 15 is 0 Å². The van der Waals surface area contributed by atoms with Gasteiger partial charge in [-0.2, -0.15) is 0 Å². The Balaban J connectivity index is 1.78. The number of allylic oxidation sites excluding steroid dienone is 4. The predicted octanol–water partition coefficient (Wildman–Crippen LogP) is 1.69. The molecule has 15 heavy (non-hydrogen) atoms. The maximum absolute atomic E-state index is 3.49. The van der Waals surface area contributed by atoms with E-state index in [-0.39, 0.29) is 0 Å². The topological polar surface area (TPSA) is 12.0 Å². The summed E-state index contributed by atoms with van der Waals surface area (Å²) in [6.45, 7) is 1.25. The van der Waals surface area contributed by atoms with Crippen molar-refractivity contribution >= 4 is 0 Å². The third-order valence-corrected chi connectivity index (χ3v) is 6.42. The smallest absolute Gasteiger partial charge is 0.00194 e. The number of hydrogen-bond donors (Lipinski definition) is 1. The molecule has 8 bridgehead atoms. The zero-order valence-electron chi connectivity index (χ0n) is 9.06. The summed E-state index contributed by atoms with van der Waals surface area (Å²) in [4.78, 5) is 0. The Labute approximate surface area is 90.6 Å². The van der Waals surface area contributed by atoms with Gasteiger partial charge in [0.05, 0.1) is 0 Å². The fraction of sp³-hybridized carbons (Fsp3) is 0.714.